The quantitative estimate of drug-likeness (QED) is 0.858. The lowest BCUT2D eigenvalue weighted by atomic mass is 10.1. The molecule has 1 saturated carbocycles. The molecule has 1 aromatic carbocycles. The van der Waals surface area contributed by atoms with Crippen LogP contribution in [0.3, 0.4) is 0 Å². The zero-order valence-corrected chi connectivity index (χ0v) is 14.2. The number of hydrogen-bond donors (Lipinski definition) is 1. The van der Waals surface area contributed by atoms with Crippen molar-refractivity contribution in [3.63, 3.8) is 0 Å². The van der Waals surface area contributed by atoms with E-state index < -0.39 is 18.2 Å². The van der Waals surface area contributed by atoms with Crippen LogP contribution < -0.4 is 0 Å². The molecule has 1 aliphatic heterocycles. The number of aliphatic carboxylic acids is 1. The summed E-state index contributed by atoms with van der Waals surface area (Å²) in [5, 5.41) is 9.06. The van der Waals surface area contributed by atoms with Crippen molar-refractivity contribution >= 4 is 11.9 Å². The summed E-state index contributed by atoms with van der Waals surface area (Å²) in [6, 6.07) is 6.59. The molecule has 3 rings (SSSR count). The summed E-state index contributed by atoms with van der Waals surface area (Å²) < 4.78 is 18.8. The number of nitrogens with zero attached hydrogens (tertiary/aromatic N) is 1. The van der Waals surface area contributed by atoms with E-state index in [0.717, 1.165) is 31.2 Å². The first kappa shape index (κ1) is 17.9. The van der Waals surface area contributed by atoms with Crippen LogP contribution in [0.25, 0.3) is 0 Å². The second-order valence-electron chi connectivity index (χ2n) is 6.88. The molecule has 1 saturated heterocycles. The van der Waals surface area contributed by atoms with Crippen LogP contribution in [0, 0.1) is 5.82 Å². The average molecular weight is 349 g/mol. The van der Waals surface area contributed by atoms with Crippen molar-refractivity contribution in [1.29, 1.82) is 0 Å². The fraction of sp³-hybridized carbons (Fsp3) is 0.579. The zero-order chi connectivity index (χ0) is 17.8. The maximum absolute atomic E-state index is 13.4. The summed E-state index contributed by atoms with van der Waals surface area (Å²) in [6.07, 6.45) is 3.95. The Labute approximate surface area is 146 Å². The van der Waals surface area contributed by atoms with Crippen molar-refractivity contribution in [2.24, 2.45) is 0 Å². The lowest BCUT2D eigenvalue weighted by Crippen LogP contribution is -2.46. The van der Waals surface area contributed by atoms with Crippen LogP contribution in [0.1, 0.15) is 44.1 Å². The van der Waals surface area contributed by atoms with Gasteiger partial charge >= 0.3 is 5.97 Å². The van der Waals surface area contributed by atoms with Gasteiger partial charge in [-0.15, -0.1) is 0 Å². The summed E-state index contributed by atoms with van der Waals surface area (Å²) in [4.78, 5) is 25.8. The van der Waals surface area contributed by atoms with Gasteiger partial charge in [-0.1, -0.05) is 25.0 Å². The van der Waals surface area contributed by atoms with Gasteiger partial charge in [0.15, 0.2) is 6.10 Å². The summed E-state index contributed by atoms with van der Waals surface area (Å²) in [5.41, 5.74) is 0.853. The molecule has 6 heteroatoms. The minimum absolute atomic E-state index is 0.118. The highest BCUT2D eigenvalue weighted by Crippen LogP contribution is 2.28. The molecule has 0 aromatic heterocycles. The zero-order valence-electron chi connectivity index (χ0n) is 14.2. The Balaban J connectivity index is 1.66. The van der Waals surface area contributed by atoms with E-state index >= 15 is 0 Å². The van der Waals surface area contributed by atoms with E-state index in [1.807, 2.05) is 11.0 Å². The number of rotatable bonds is 6. The van der Waals surface area contributed by atoms with Gasteiger partial charge in [-0.05, 0) is 49.8 Å². The first-order chi connectivity index (χ1) is 12.0. The van der Waals surface area contributed by atoms with Crippen LogP contribution in [0.2, 0.25) is 0 Å². The van der Waals surface area contributed by atoms with Gasteiger partial charge in [0.05, 0.1) is 0 Å². The Morgan fingerprint density at radius 1 is 1.16 bits per heavy atom. The van der Waals surface area contributed by atoms with E-state index in [4.69, 9.17) is 9.84 Å². The lowest BCUT2D eigenvalue weighted by molar-refractivity contribution is -0.155. The average Bonchev–Trinajstić information content (AvgIpc) is 3.27. The van der Waals surface area contributed by atoms with Crippen LogP contribution in [-0.2, 0) is 20.7 Å². The molecule has 0 unspecified atom stereocenters. The topological polar surface area (TPSA) is 66.8 Å². The van der Waals surface area contributed by atoms with E-state index in [1.165, 1.54) is 12.1 Å². The third-order valence-electron chi connectivity index (χ3n) is 5.15. The molecule has 136 valence electrons. The van der Waals surface area contributed by atoms with Crippen molar-refractivity contribution in [1.82, 2.24) is 4.90 Å². The van der Waals surface area contributed by atoms with Gasteiger partial charge < -0.3 is 14.7 Å². The van der Waals surface area contributed by atoms with Gasteiger partial charge in [0, 0.05) is 12.6 Å². The van der Waals surface area contributed by atoms with Gasteiger partial charge in [0.2, 0.25) is 0 Å². The smallest absolute Gasteiger partial charge is 0.332 e. The predicted molar refractivity (Wildman–Crippen MR) is 89.6 cm³/mol. The Bertz CT molecular complexity index is 630. The van der Waals surface area contributed by atoms with Gasteiger partial charge in [-0.3, -0.25) is 4.79 Å². The lowest BCUT2D eigenvalue weighted by Gasteiger charge is -2.31. The number of carboxylic acid groups (broad SMARTS) is 1. The maximum atomic E-state index is 13.4. The molecule has 25 heavy (non-hydrogen) atoms. The van der Waals surface area contributed by atoms with Crippen LogP contribution in [-0.4, -0.2) is 46.7 Å². The number of amides is 1. The van der Waals surface area contributed by atoms with Crippen molar-refractivity contribution < 1.29 is 23.8 Å². The van der Waals surface area contributed by atoms with Crippen LogP contribution in [0.4, 0.5) is 4.39 Å². The molecule has 2 atom stereocenters. The summed E-state index contributed by atoms with van der Waals surface area (Å²) in [7, 11) is 0. The number of carbonyl (C=O) groups excluding carboxylic acids is 1. The monoisotopic (exact) mass is 349 g/mol. The number of hydrogen-bond acceptors (Lipinski definition) is 3. The first-order valence-electron chi connectivity index (χ1n) is 8.98. The molecule has 1 amide bonds. The van der Waals surface area contributed by atoms with Crippen LogP contribution >= 0.6 is 0 Å². The molecule has 1 aromatic rings. The first-order valence-corrected chi connectivity index (χ1v) is 8.98. The summed E-state index contributed by atoms with van der Waals surface area (Å²) in [5.74, 6) is -1.41. The maximum Gasteiger partial charge on any atom is 0.332 e. The Morgan fingerprint density at radius 3 is 2.52 bits per heavy atom. The molecule has 1 heterocycles. The largest absolute Gasteiger partial charge is 0.479 e. The Kier molecular flexibility index (Phi) is 5.68. The molecule has 2 fully saturated rings. The minimum atomic E-state index is -1.01. The third kappa shape index (κ3) is 4.37. The predicted octanol–water partition coefficient (Wildman–Crippen LogP) is 2.77. The highest BCUT2D eigenvalue weighted by Gasteiger charge is 2.38. The molecule has 1 N–H and O–H groups in total. The van der Waals surface area contributed by atoms with Crippen LogP contribution in [0.5, 0.6) is 0 Å². The van der Waals surface area contributed by atoms with Crippen LogP contribution in [0.15, 0.2) is 24.3 Å². The van der Waals surface area contributed by atoms with Crippen molar-refractivity contribution in [3.8, 4) is 0 Å². The molecule has 2 aliphatic rings. The van der Waals surface area contributed by atoms with Crippen molar-refractivity contribution in [2.45, 2.75) is 63.2 Å². The normalized spacial score (nSPS) is 23.7. The van der Waals surface area contributed by atoms with E-state index in [0.29, 0.717) is 25.8 Å². The van der Waals surface area contributed by atoms with E-state index in [9.17, 15) is 14.0 Å². The minimum Gasteiger partial charge on any atom is -0.479 e. The highest BCUT2D eigenvalue weighted by atomic mass is 19.1. The Morgan fingerprint density at radius 2 is 1.88 bits per heavy atom. The number of halogens is 1. The molecular formula is C19H24FNO4. The van der Waals surface area contributed by atoms with E-state index in [1.54, 1.807) is 6.07 Å². The summed E-state index contributed by atoms with van der Waals surface area (Å²) in [6.45, 7) is 0.505. The summed E-state index contributed by atoms with van der Waals surface area (Å²) >= 11 is 0. The van der Waals surface area contributed by atoms with E-state index in [-0.39, 0.29) is 17.8 Å². The Hall–Kier alpha value is -1.95. The highest BCUT2D eigenvalue weighted by molar-refractivity contribution is 5.83. The number of benzene rings is 1. The molecule has 0 radical (unpaired) electrons. The van der Waals surface area contributed by atoms with Gasteiger partial charge in [0.25, 0.3) is 5.91 Å². The second-order valence-corrected chi connectivity index (χ2v) is 6.88. The standard InChI is InChI=1S/C19H24FNO4/c20-14-5-3-4-13(12-14)10-11-21(15-6-1-2-7-15)18(22)16-8-9-17(25-16)19(23)24/h3-5,12,15-17H,1-2,6-11H2,(H,23,24)/t16-,17+/m0/s1. The molecule has 0 bridgehead atoms. The fourth-order valence-electron chi connectivity index (χ4n) is 3.82. The number of carboxylic acids is 1. The number of carbonyl (C=O) groups is 2. The van der Waals surface area contributed by atoms with Crippen molar-refractivity contribution in [2.75, 3.05) is 6.54 Å². The van der Waals surface area contributed by atoms with Gasteiger partial charge in [-0.2, -0.15) is 0 Å². The molecule has 5 nitrogen and oxygen atoms in total. The van der Waals surface area contributed by atoms with Gasteiger partial charge in [0.1, 0.15) is 11.9 Å². The SMILES string of the molecule is O=C(O)[C@H]1CC[C@@H](C(=O)N(CCc2cccc(F)c2)C2CCCC2)O1. The second kappa shape index (κ2) is 7.95. The molecule has 1 aliphatic carbocycles. The number of ether oxygens (including phenoxy) is 1. The molecule has 0 spiro atoms. The molecular weight excluding hydrogens is 325 g/mol. The van der Waals surface area contributed by atoms with Crippen molar-refractivity contribution in [3.05, 3.63) is 35.6 Å². The van der Waals surface area contributed by atoms with E-state index in [2.05, 4.69) is 0 Å². The fourth-order valence-corrected chi connectivity index (χ4v) is 3.82. The van der Waals surface area contributed by atoms with Gasteiger partial charge in [-0.25, -0.2) is 9.18 Å². The third-order valence-corrected chi connectivity index (χ3v) is 5.15.